The van der Waals surface area contributed by atoms with Crippen LogP contribution in [0.2, 0.25) is 0 Å². The number of rotatable bonds is 6. The molecule has 0 aliphatic carbocycles. The van der Waals surface area contributed by atoms with Gasteiger partial charge in [-0.15, -0.1) is 0 Å². The van der Waals surface area contributed by atoms with E-state index in [2.05, 4.69) is 235 Å². The molecule has 0 spiro atoms. The molecule has 0 bridgehead atoms. The number of hydrogen-bond donors (Lipinski definition) is 0. The smallest absolute Gasteiger partial charge is 0.160 e. The Balaban J connectivity index is 0.960. The number of para-hydroxylation sites is 2. The number of fused-ring (bicyclic) bond motifs is 8. The van der Waals surface area contributed by atoms with Crippen LogP contribution in [0.5, 0.6) is 0 Å². The maximum absolute atomic E-state index is 5.39. The van der Waals surface area contributed by atoms with Crippen LogP contribution in [0.3, 0.4) is 0 Å². The van der Waals surface area contributed by atoms with Gasteiger partial charge in [-0.2, -0.15) is 0 Å². The Morgan fingerprint density at radius 3 is 1.54 bits per heavy atom. The predicted molar refractivity (Wildman–Crippen MR) is 271 cm³/mol. The lowest BCUT2D eigenvalue weighted by molar-refractivity contribution is 1.18. The van der Waals surface area contributed by atoms with Crippen molar-refractivity contribution < 1.29 is 0 Å². The normalized spacial score (nSPS) is 11.7. The standard InChI is InChI=1S/C61H38N4/c1-3-15-42(16-4-1)60-54-36-53-50-21-11-12-22-58(50)65(49-19-5-2-6-20-49)59(53)37-51(54)52-35-46(31-32-55(52)62-60)41-23-27-43(28-24-41)61-63-56(47-29-25-39-13-7-9-17-44(39)33-47)38-57(64-61)48-30-26-40-14-8-10-18-45(40)34-48/h1-38H. The van der Waals surface area contributed by atoms with Crippen molar-refractivity contribution >= 4 is 65.0 Å². The third-order valence-corrected chi connectivity index (χ3v) is 12.9. The molecule has 0 aliphatic rings. The Labute approximate surface area is 375 Å². The zero-order valence-corrected chi connectivity index (χ0v) is 35.2. The largest absolute Gasteiger partial charge is 0.309 e. The Hall–Kier alpha value is -8.73. The lowest BCUT2D eigenvalue weighted by atomic mass is 9.95. The SMILES string of the molecule is c1ccc(-c2nc3ccc(-c4ccc(-c5nc(-c6ccc7ccccc7c6)cc(-c6ccc7ccccc7c6)n5)cc4)cc3c3cc4c(cc23)c2ccccc2n4-c2ccccc2)cc1. The lowest BCUT2D eigenvalue weighted by Crippen LogP contribution is -1.96. The molecule has 0 amide bonds. The first-order chi connectivity index (χ1) is 32.2. The summed E-state index contributed by atoms with van der Waals surface area (Å²) in [7, 11) is 0. The van der Waals surface area contributed by atoms with Gasteiger partial charge in [-0.05, 0) is 98.7 Å². The van der Waals surface area contributed by atoms with Crippen molar-refractivity contribution in [2.45, 2.75) is 0 Å². The van der Waals surface area contributed by atoms with Gasteiger partial charge in [-0.1, -0.05) is 170 Å². The summed E-state index contributed by atoms with van der Waals surface area (Å²) in [5.74, 6) is 0.685. The van der Waals surface area contributed by atoms with E-state index in [9.17, 15) is 0 Å². The number of pyridine rings is 1. The van der Waals surface area contributed by atoms with Crippen molar-refractivity contribution in [3.63, 3.8) is 0 Å². The fourth-order valence-corrected chi connectivity index (χ4v) is 9.70. The van der Waals surface area contributed by atoms with Crippen LogP contribution in [-0.4, -0.2) is 19.5 Å². The van der Waals surface area contributed by atoms with Gasteiger partial charge in [-0.3, -0.25) is 0 Å². The van der Waals surface area contributed by atoms with E-state index < -0.39 is 0 Å². The Kier molecular flexibility index (Phi) is 8.50. The van der Waals surface area contributed by atoms with Crippen LogP contribution in [-0.2, 0) is 0 Å². The predicted octanol–water partition coefficient (Wildman–Crippen LogP) is 15.9. The van der Waals surface area contributed by atoms with E-state index in [-0.39, 0.29) is 0 Å². The summed E-state index contributed by atoms with van der Waals surface area (Å²) in [6.45, 7) is 0. The highest BCUT2D eigenvalue weighted by atomic mass is 15.0. The lowest BCUT2D eigenvalue weighted by Gasteiger charge is -2.14. The van der Waals surface area contributed by atoms with Crippen molar-refractivity contribution in [3.05, 3.63) is 231 Å². The second-order valence-corrected chi connectivity index (χ2v) is 16.8. The molecule has 0 radical (unpaired) electrons. The highest BCUT2D eigenvalue weighted by molar-refractivity contribution is 6.20. The molecule has 65 heavy (non-hydrogen) atoms. The second kappa shape index (κ2) is 15.0. The third kappa shape index (κ3) is 6.34. The van der Waals surface area contributed by atoms with Crippen LogP contribution >= 0.6 is 0 Å². The van der Waals surface area contributed by atoms with E-state index in [0.717, 1.165) is 72.4 Å². The molecule has 0 atom stereocenters. The average molecular weight is 827 g/mol. The molecule has 302 valence electrons. The Bertz CT molecular complexity index is 3890. The van der Waals surface area contributed by atoms with Crippen molar-refractivity contribution in [3.8, 4) is 62.0 Å². The molecule has 3 heterocycles. The van der Waals surface area contributed by atoms with Gasteiger partial charge in [0, 0.05) is 49.5 Å². The van der Waals surface area contributed by atoms with Gasteiger partial charge < -0.3 is 4.57 Å². The molecular weight excluding hydrogens is 789 g/mol. The molecule has 0 fully saturated rings. The molecule has 13 aromatic rings. The summed E-state index contributed by atoms with van der Waals surface area (Å²) < 4.78 is 2.39. The summed E-state index contributed by atoms with van der Waals surface area (Å²) in [6, 6.07) is 82.2. The summed E-state index contributed by atoms with van der Waals surface area (Å²) in [5, 5.41) is 10.6. The van der Waals surface area contributed by atoms with Crippen molar-refractivity contribution in [2.24, 2.45) is 0 Å². The molecule has 10 aromatic carbocycles. The average Bonchev–Trinajstić information content (AvgIpc) is 3.71. The number of benzene rings is 10. The van der Waals surface area contributed by atoms with Crippen LogP contribution in [0.25, 0.3) is 127 Å². The van der Waals surface area contributed by atoms with Crippen LogP contribution in [0.15, 0.2) is 231 Å². The molecule has 13 rings (SSSR count). The van der Waals surface area contributed by atoms with Gasteiger partial charge in [-0.25, -0.2) is 15.0 Å². The fourth-order valence-electron chi connectivity index (χ4n) is 9.70. The minimum Gasteiger partial charge on any atom is -0.309 e. The highest BCUT2D eigenvalue weighted by Crippen LogP contribution is 2.41. The first-order valence-corrected chi connectivity index (χ1v) is 22.1. The van der Waals surface area contributed by atoms with Gasteiger partial charge in [0.2, 0.25) is 0 Å². The monoisotopic (exact) mass is 826 g/mol. The van der Waals surface area contributed by atoms with E-state index in [1.165, 1.54) is 48.7 Å². The first kappa shape index (κ1) is 36.9. The third-order valence-electron chi connectivity index (χ3n) is 12.9. The maximum atomic E-state index is 5.39. The minimum absolute atomic E-state index is 0.685. The van der Waals surface area contributed by atoms with Gasteiger partial charge in [0.05, 0.1) is 33.6 Å². The molecule has 0 N–H and O–H groups in total. The maximum Gasteiger partial charge on any atom is 0.160 e. The molecule has 0 aliphatic heterocycles. The van der Waals surface area contributed by atoms with Gasteiger partial charge in [0.1, 0.15) is 0 Å². The topological polar surface area (TPSA) is 43.6 Å². The molecule has 4 nitrogen and oxygen atoms in total. The van der Waals surface area contributed by atoms with E-state index in [4.69, 9.17) is 15.0 Å². The minimum atomic E-state index is 0.685. The summed E-state index contributed by atoms with van der Waals surface area (Å²) >= 11 is 0. The Morgan fingerprint density at radius 1 is 0.277 bits per heavy atom. The van der Waals surface area contributed by atoms with Crippen LogP contribution in [0, 0.1) is 0 Å². The van der Waals surface area contributed by atoms with Gasteiger partial charge in [0.15, 0.2) is 5.82 Å². The first-order valence-electron chi connectivity index (χ1n) is 22.1. The van der Waals surface area contributed by atoms with Crippen LogP contribution < -0.4 is 0 Å². The van der Waals surface area contributed by atoms with E-state index in [0.29, 0.717) is 5.82 Å². The quantitative estimate of drug-likeness (QED) is 0.157. The fraction of sp³-hybridized carbons (Fsp3) is 0. The zero-order valence-electron chi connectivity index (χ0n) is 35.2. The van der Waals surface area contributed by atoms with Crippen molar-refractivity contribution in [2.75, 3.05) is 0 Å². The molecule has 0 saturated heterocycles. The van der Waals surface area contributed by atoms with Gasteiger partial charge >= 0.3 is 0 Å². The van der Waals surface area contributed by atoms with Crippen molar-refractivity contribution in [1.82, 2.24) is 19.5 Å². The molecule has 3 aromatic heterocycles. The molecule has 0 saturated carbocycles. The van der Waals surface area contributed by atoms with E-state index >= 15 is 0 Å². The molecular formula is C61H38N4. The van der Waals surface area contributed by atoms with E-state index in [1.807, 2.05) is 0 Å². The number of hydrogen-bond acceptors (Lipinski definition) is 3. The van der Waals surface area contributed by atoms with Crippen LogP contribution in [0.4, 0.5) is 0 Å². The second-order valence-electron chi connectivity index (χ2n) is 16.8. The summed E-state index contributed by atoms with van der Waals surface area (Å²) in [6.07, 6.45) is 0. The summed E-state index contributed by atoms with van der Waals surface area (Å²) in [4.78, 5) is 15.8. The zero-order chi connectivity index (χ0) is 42.8. The van der Waals surface area contributed by atoms with Crippen molar-refractivity contribution in [1.29, 1.82) is 0 Å². The number of aromatic nitrogens is 4. The molecule has 0 unspecified atom stereocenters. The molecule has 4 heteroatoms. The summed E-state index contributed by atoms with van der Waals surface area (Å²) in [5.41, 5.74) is 13.6. The van der Waals surface area contributed by atoms with Crippen LogP contribution in [0.1, 0.15) is 0 Å². The number of nitrogens with zero attached hydrogens (tertiary/aromatic N) is 4. The van der Waals surface area contributed by atoms with E-state index in [1.54, 1.807) is 0 Å². The van der Waals surface area contributed by atoms with Gasteiger partial charge in [0.25, 0.3) is 0 Å². The Morgan fingerprint density at radius 2 is 0.846 bits per heavy atom. The highest BCUT2D eigenvalue weighted by Gasteiger charge is 2.19.